The van der Waals surface area contributed by atoms with Crippen LogP contribution in [0.1, 0.15) is 46.0 Å². The Morgan fingerprint density at radius 3 is 2.44 bits per heavy atom. The molecule has 2 fully saturated rings. The molecule has 0 aromatic rings. The summed E-state index contributed by atoms with van der Waals surface area (Å²) in [6.07, 6.45) is 6.43. The Balaban J connectivity index is 1.82. The van der Waals surface area contributed by atoms with Gasteiger partial charge in [0.1, 0.15) is 0 Å². The van der Waals surface area contributed by atoms with E-state index in [9.17, 15) is 0 Å². The zero-order chi connectivity index (χ0) is 13.0. The first-order valence-corrected chi connectivity index (χ1v) is 7.63. The Bertz CT molecular complexity index is 247. The summed E-state index contributed by atoms with van der Waals surface area (Å²) in [5.41, 5.74) is 0.375. The van der Waals surface area contributed by atoms with Crippen molar-refractivity contribution in [3.05, 3.63) is 0 Å². The summed E-state index contributed by atoms with van der Waals surface area (Å²) in [6, 6.07) is 0.646. The second-order valence-electron chi connectivity index (χ2n) is 5.89. The highest BCUT2D eigenvalue weighted by molar-refractivity contribution is 5.06. The van der Waals surface area contributed by atoms with Crippen molar-refractivity contribution in [1.82, 2.24) is 5.32 Å². The van der Waals surface area contributed by atoms with E-state index in [1.165, 1.54) is 32.1 Å². The fourth-order valence-corrected chi connectivity index (χ4v) is 3.75. The summed E-state index contributed by atoms with van der Waals surface area (Å²) in [5, 5.41) is 3.46. The molecule has 3 heteroatoms. The van der Waals surface area contributed by atoms with Crippen molar-refractivity contribution in [3.63, 3.8) is 0 Å². The van der Waals surface area contributed by atoms with Crippen molar-refractivity contribution in [3.8, 4) is 0 Å². The van der Waals surface area contributed by atoms with Gasteiger partial charge in [0.2, 0.25) is 0 Å². The molecule has 1 saturated carbocycles. The molecule has 0 amide bonds. The third kappa shape index (κ3) is 2.59. The number of nitrogens with one attached hydrogen (secondary N) is 1. The third-order valence-corrected chi connectivity index (χ3v) is 5.32. The predicted molar refractivity (Wildman–Crippen MR) is 73.8 cm³/mol. The summed E-state index contributed by atoms with van der Waals surface area (Å²) < 4.78 is 11.7. The molecule has 2 atom stereocenters. The largest absolute Gasteiger partial charge is 0.381 e. The average molecular weight is 255 g/mol. The van der Waals surface area contributed by atoms with E-state index in [1.807, 2.05) is 0 Å². The van der Waals surface area contributed by atoms with Crippen LogP contribution in [0.15, 0.2) is 0 Å². The lowest BCUT2D eigenvalue weighted by Crippen LogP contribution is -2.62. The Morgan fingerprint density at radius 1 is 1.22 bits per heavy atom. The molecule has 0 radical (unpaired) electrons. The summed E-state index contributed by atoms with van der Waals surface area (Å²) in [7, 11) is 2.08. The van der Waals surface area contributed by atoms with Gasteiger partial charge in [0.25, 0.3) is 0 Å². The van der Waals surface area contributed by atoms with Crippen LogP contribution >= 0.6 is 0 Å². The van der Waals surface area contributed by atoms with Crippen LogP contribution in [0.25, 0.3) is 0 Å². The summed E-state index contributed by atoms with van der Waals surface area (Å²) in [4.78, 5) is 0. The van der Waals surface area contributed by atoms with E-state index in [0.29, 0.717) is 17.6 Å². The molecule has 1 heterocycles. The maximum atomic E-state index is 6.25. The van der Waals surface area contributed by atoms with Crippen molar-refractivity contribution in [2.45, 2.75) is 58.1 Å². The number of hydrogen-bond donors (Lipinski definition) is 1. The van der Waals surface area contributed by atoms with Gasteiger partial charge in [-0.2, -0.15) is 0 Å². The minimum Gasteiger partial charge on any atom is -0.381 e. The van der Waals surface area contributed by atoms with Crippen LogP contribution in [0.5, 0.6) is 0 Å². The fraction of sp³-hybridized carbons (Fsp3) is 1.00. The Kier molecular flexibility index (Phi) is 5.05. The second kappa shape index (κ2) is 6.36. The first-order chi connectivity index (χ1) is 8.76. The van der Waals surface area contributed by atoms with Crippen molar-refractivity contribution in [2.24, 2.45) is 11.3 Å². The van der Waals surface area contributed by atoms with Crippen LogP contribution in [0.3, 0.4) is 0 Å². The van der Waals surface area contributed by atoms with Gasteiger partial charge < -0.3 is 14.8 Å². The molecule has 2 unspecified atom stereocenters. The molecular weight excluding hydrogens is 226 g/mol. The molecule has 1 saturated heterocycles. The SMILES string of the molecule is CCC1(CC)C(NC)CC1OCC1CCOCC1. The van der Waals surface area contributed by atoms with Gasteiger partial charge >= 0.3 is 0 Å². The second-order valence-corrected chi connectivity index (χ2v) is 5.89. The van der Waals surface area contributed by atoms with E-state index in [2.05, 4.69) is 26.2 Å². The highest BCUT2D eigenvalue weighted by atomic mass is 16.5. The third-order valence-electron chi connectivity index (χ3n) is 5.32. The molecular formula is C15H29NO2. The van der Waals surface area contributed by atoms with Crippen molar-refractivity contribution in [2.75, 3.05) is 26.9 Å². The monoisotopic (exact) mass is 255 g/mol. The molecule has 3 nitrogen and oxygen atoms in total. The number of ether oxygens (including phenoxy) is 2. The van der Waals surface area contributed by atoms with Crippen LogP contribution < -0.4 is 5.32 Å². The van der Waals surface area contributed by atoms with E-state index < -0.39 is 0 Å². The lowest BCUT2D eigenvalue weighted by Gasteiger charge is -2.55. The maximum Gasteiger partial charge on any atom is 0.0661 e. The molecule has 1 aliphatic heterocycles. The predicted octanol–water partition coefficient (Wildman–Crippen LogP) is 2.60. The topological polar surface area (TPSA) is 30.5 Å². The van der Waals surface area contributed by atoms with Crippen molar-refractivity contribution < 1.29 is 9.47 Å². The highest BCUT2D eigenvalue weighted by Gasteiger charge is 2.52. The van der Waals surface area contributed by atoms with Crippen LogP contribution in [0.4, 0.5) is 0 Å². The Labute approximate surface area is 112 Å². The number of hydrogen-bond acceptors (Lipinski definition) is 3. The van der Waals surface area contributed by atoms with Gasteiger partial charge in [0.05, 0.1) is 6.10 Å². The fourth-order valence-electron chi connectivity index (χ4n) is 3.75. The van der Waals surface area contributed by atoms with Crippen LogP contribution in [0, 0.1) is 11.3 Å². The molecule has 1 aliphatic carbocycles. The first kappa shape index (κ1) is 14.3. The van der Waals surface area contributed by atoms with E-state index in [-0.39, 0.29) is 0 Å². The molecule has 0 aromatic carbocycles. The summed E-state index contributed by atoms with van der Waals surface area (Å²) in [5.74, 6) is 0.721. The van der Waals surface area contributed by atoms with Crippen LogP contribution in [-0.4, -0.2) is 39.0 Å². The normalized spacial score (nSPS) is 32.2. The molecule has 1 N–H and O–H groups in total. The van der Waals surface area contributed by atoms with Crippen LogP contribution in [-0.2, 0) is 9.47 Å². The van der Waals surface area contributed by atoms with E-state index in [4.69, 9.17) is 9.47 Å². The van der Waals surface area contributed by atoms with E-state index in [1.54, 1.807) is 0 Å². The lowest BCUT2D eigenvalue weighted by molar-refractivity contribution is -0.150. The van der Waals surface area contributed by atoms with E-state index in [0.717, 1.165) is 25.7 Å². The summed E-state index contributed by atoms with van der Waals surface area (Å²) >= 11 is 0. The summed E-state index contributed by atoms with van der Waals surface area (Å²) in [6.45, 7) is 7.39. The van der Waals surface area contributed by atoms with E-state index >= 15 is 0 Å². The maximum absolute atomic E-state index is 6.25. The Morgan fingerprint density at radius 2 is 1.89 bits per heavy atom. The average Bonchev–Trinajstić information content (AvgIpc) is 2.41. The van der Waals surface area contributed by atoms with Crippen LogP contribution in [0.2, 0.25) is 0 Å². The molecule has 0 aromatic heterocycles. The van der Waals surface area contributed by atoms with Gasteiger partial charge in [-0.15, -0.1) is 0 Å². The number of rotatable bonds is 6. The minimum absolute atomic E-state index is 0.375. The molecule has 2 aliphatic rings. The van der Waals surface area contributed by atoms with Gasteiger partial charge in [-0.3, -0.25) is 0 Å². The van der Waals surface area contributed by atoms with Gasteiger partial charge in [-0.1, -0.05) is 13.8 Å². The quantitative estimate of drug-likeness (QED) is 0.791. The minimum atomic E-state index is 0.375. The molecule has 0 spiro atoms. The highest BCUT2D eigenvalue weighted by Crippen LogP contribution is 2.48. The van der Waals surface area contributed by atoms with Gasteiger partial charge in [-0.25, -0.2) is 0 Å². The standard InChI is InChI=1S/C15H29NO2/c1-4-15(5-2)13(16-3)10-14(15)18-11-12-6-8-17-9-7-12/h12-14,16H,4-11H2,1-3H3. The van der Waals surface area contributed by atoms with Gasteiger partial charge in [0.15, 0.2) is 0 Å². The zero-order valence-corrected chi connectivity index (χ0v) is 12.2. The van der Waals surface area contributed by atoms with Crippen molar-refractivity contribution >= 4 is 0 Å². The first-order valence-electron chi connectivity index (χ1n) is 7.63. The van der Waals surface area contributed by atoms with Crippen molar-refractivity contribution in [1.29, 1.82) is 0 Å². The van der Waals surface area contributed by atoms with Gasteiger partial charge in [0, 0.05) is 31.3 Å². The molecule has 18 heavy (non-hydrogen) atoms. The lowest BCUT2D eigenvalue weighted by atomic mass is 9.58. The molecule has 2 rings (SSSR count). The molecule has 0 bridgehead atoms. The molecule has 106 valence electrons. The smallest absolute Gasteiger partial charge is 0.0661 e. The van der Waals surface area contributed by atoms with Gasteiger partial charge in [-0.05, 0) is 45.1 Å². The Hall–Kier alpha value is -0.120. The zero-order valence-electron chi connectivity index (χ0n) is 12.2.